The first-order valence-corrected chi connectivity index (χ1v) is 6.18. The lowest BCUT2D eigenvalue weighted by Crippen LogP contribution is -2.07. The molecule has 5 nitrogen and oxygen atoms in total. The van der Waals surface area contributed by atoms with Crippen molar-refractivity contribution in [3.63, 3.8) is 0 Å². The first-order chi connectivity index (χ1) is 8.86. The van der Waals surface area contributed by atoms with E-state index < -0.39 is 0 Å². The van der Waals surface area contributed by atoms with Gasteiger partial charge in [-0.15, -0.1) is 0 Å². The molecule has 0 aromatic carbocycles. The normalized spacial score (nSPS) is 10.3. The summed E-state index contributed by atoms with van der Waals surface area (Å²) in [6, 6.07) is 5.68. The van der Waals surface area contributed by atoms with Crippen molar-refractivity contribution in [2.75, 3.05) is 45.9 Å². The van der Waals surface area contributed by atoms with E-state index in [1.54, 1.807) is 14.2 Å². The van der Waals surface area contributed by atoms with Crippen LogP contribution in [0.25, 0.3) is 0 Å². The van der Waals surface area contributed by atoms with E-state index in [1.165, 1.54) is 0 Å². The second kappa shape index (κ2) is 9.67. The Bertz CT molecular complexity index is 321. The minimum Gasteiger partial charge on any atom is -0.481 e. The second-order valence-electron chi connectivity index (χ2n) is 3.80. The van der Waals surface area contributed by atoms with Crippen molar-refractivity contribution in [1.82, 2.24) is 4.98 Å². The minimum atomic E-state index is 0.628. The number of hydrogen-bond acceptors (Lipinski definition) is 5. The number of nitrogens with one attached hydrogen (secondary N) is 1. The van der Waals surface area contributed by atoms with Crippen molar-refractivity contribution < 1.29 is 14.2 Å². The van der Waals surface area contributed by atoms with E-state index in [-0.39, 0.29) is 0 Å². The number of pyridine rings is 1. The Labute approximate surface area is 108 Å². The number of nitrogens with zero attached hydrogens (tertiary/aromatic N) is 1. The number of methoxy groups -OCH3 is 2. The van der Waals surface area contributed by atoms with Gasteiger partial charge in [-0.3, -0.25) is 0 Å². The summed E-state index contributed by atoms with van der Waals surface area (Å²) in [6.07, 6.45) is 2.08. The lowest BCUT2D eigenvalue weighted by Gasteiger charge is -2.07. The van der Waals surface area contributed by atoms with Crippen LogP contribution in [0.15, 0.2) is 18.2 Å². The lowest BCUT2D eigenvalue weighted by atomic mass is 10.3. The van der Waals surface area contributed by atoms with Crippen LogP contribution in [0.2, 0.25) is 0 Å². The predicted octanol–water partition coefficient (Wildman–Crippen LogP) is 1.95. The Morgan fingerprint density at radius 1 is 1.11 bits per heavy atom. The molecule has 1 N–H and O–H groups in total. The monoisotopic (exact) mass is 254 g/mol. The highest BCUT2D eigenvalue weighted by molar-refractivity contribution is 5.36. The van der Waals surface area contributed by atoms with Gasteiger partial charge >= 0.3 is 0 Å². The number of unbranched alkanes of at least 4 members (excludes halogenated alkanes) is 1. The van der Waals surface area contributed by atoms with E-state index in [4.69, 9.17) is 14.2 Å². The Hall–Kier alpha value is -1.33. The molecular formula is C13H22N2O3. The summed E-state index contributed by atoms with van der Waals surface area (Å²) in [5.74, 6) is 1.47. The van der Waals surface area contributed by atoms with Crippen LogP contribution in [0, 0.1) is 0 Å². The van der Waals surface area contributed by atoms with Crippen molar-refractivity contribution in [1.29, 1.82) is 0 Å². The van der Waals surface area contributed by atoms with Gasteiger partial charge in [0.1, 0.15) is 5.82 Å². The quantitative estimate of drug-likeness (QED) is 0.647. The van der Waals surface area contributed by atoms with Crippen LogP contribution in [0.4, 0.5) is 5.82 Å². The molecule has 0 aliphatic carbocycles. The summed E-state index contributed by atoms with van der Waals surface area (Å²) in [5.41, 5.74) is 0. The zero-order valence-corrected chi connectivity index (χ0v) is 11.1. The van der Waals surface area contributed by atoms with Gasteiger partial charge in [-0.2, -0.15) is 4.98 Å². The Morgan fingerprint density at radius 2 is 2.00 bits per heavy atom. The van der Waals surface area contributed by atoms with Gasteiger partial charge in [0, 0.05) is 26.3 Å². The van der Waals surface area contributed by atoms with Gasteiger partial charge in [0.2, 0.25) is 5.88 Å². The van der Waals surface area contributed by atoms with Gasteiger partial charge in [-0.05, 0) is 18.9 Å². The second-order valence-corrected chi connectivity index (χ2v) is 3.80. The van der Waals surface area contributed by atoms with Gasteiger partial charge in [-0.25, -0.2) is 0 Å². The molecular weight excluding hydrogens is 232 g/mol. The largest absolute Gasteiger partial charge is 0.481 e. The van der Waals surface area contributed by atoms with Gasteiger partial charge < -0.3 is 19.5 Å². The molecule has 0 saturated carbocycles. The third-order valence-corrected chi connectivity index (χ3v) is 2.39. The van der Waals surface area contributed by atoms with Crippen molar-refractivity contribution in [3.8, 4) is 5.88 Å². The van der Waals surface area contributed by atoms with Gasteiger partial charge in [0.25, 0.3) is 0 Å². The molecule has 0 aliphatic rings. The van der Waals surface area contributed by atoms with Crippen LogP contribution >= 0.6 is 0 Å². The summed E-state index contributed by atoms with van der Waals surface area (Å²) in [6.45, 7) is 2.98. The standard InChI is InChI=1S/C13H22N2O3/c1-16-10-11-18-9-4-3-8-14-12-6-5-7-13(15-12)17-2/h5-7H,3-4,8-11H2,1-2H3,(H,14,15). The maximum absolute atomic E-state index is 5.37. The van der Waals surface area contributed by atoms with Crippen LogP contribution in [0.1, 0.15) is 12.8 Å². The molecule has 1 aromatic heterocycles. The molecule has 0 spiro atoms. The average molecular weight is 254 g/mol. The minimum absolute atomic E-state index is 0.628. The molecule has 0 atom stereocenters. The Morgan fingerprint density at radius 3 is 2.78 bits per heavy atom. The molecule has 0 fully saturated rings. The van der Waals surface area contributed by atoms with E-state index in [0.717, 1.165) is 31.8 Å². The molecule has 102 valence electrons. The molecule has 0 bridgehead atoms. The first kappa shape index (κ1) is 14.7. The molecule has 1 aromatic rings. The van der Waals surface area contributed by atoms with Gasteiger partial charge in [0.05, 0.1) is 20.3 Å². The summed E-state index contributed by atoms with van der Waals surface area (Å²) in [7, 11) is 3.29. The fourth-order valence-electron chi connectivity index (χ4n) is 1.42. The predicted molar refractivity (Wildman–Crippen MR) is 71.2 cm³/mol. The van der Waals surface area contributed by atoms with Crippen molar-refractivity contribution in [2.45, 2.75) is 12.8 Å². The number of rotatable bonds is 10. The first-order valence-electron chi connectivity index (χ1n) is 6.18. The summed E-state index contributed by atoms with van der Waals surface area (Å²) >= 11 is 0. The zero-order valence-electron chi connectivity index (χ0n) is 11.1. The maximum atomic E-state index is 5.37. The number of hydrogen-bond donors (Lipinski definition) is 1. The molecule has 0 radical (unpaired) electrons. The molecule has 5 heteroatoms. The molecule has 0 amide bonds. The van der Waals surface area contributed by atoms with E-state index in [1.807, 2.05) is 18.2 Å². The number of anilines is 1. The fourth-order valence-corrected chi connectivity index (χ4v) is 1.42. The van der Waals surface area contributed by atoms with Crippen LogP contribution in [0.3, 0.4) is 0 Å². The topological polar surface area (TPSA) is 52.6 Å². The Kier molecular flexibility index (Phi) is 7.92. The number of ether oxygens (including phenoxy) is 3. The average Bonchev–Trinajstić information content (AvgIpc) is 2.42. The van der Waals surface area contributed by atoms with Crippen molar-refractivity contribution in [2.24, 2.45) is 0 Å². The van der Waals surface area contributed by atoms with Crippen LogP contribution < -0.4 is 10.1 Å². The summed E-state index contributed by atoms with van der Waals surface area (Å²) in [4.78, 5) is 4.27. The summed E-state index contributed by atoms with van der Waals surface area (Å²) in [5, 5.41) is 3.25. The van der Waals surface area contributed by atoms with E-state index in [9.17, 15) is 0 Å². The molecule has 0 unspecified atom stereocenters. The highest BCUT2D eigenvalue weighted by atomic mass is 16.5. The van der Waals surface area contributed by atoms with Crippen LogP contribution in [-0.2, 0) is 9.47 Å². The van der Waals surface area contributed by atoms with Crippen molar-refractivity contribution >= 4 is 5.82 Å². The van der Waals surface area contributed by atoms with Crippen molar-refractivity contribution in [3.05, 3.63) is 18.2 Å². The summed E-state index contributed by atoms with van der Waals surface area (Å²) < 4.78 is 15.3. The Balaban J connectivity index is 2.03. The van der Waals surface area contributed by atoms with E-state index >= 15 is 0 Å². The van der Waals surface area contributed by atoms with Gasteiger partial charge in [0.15, 0.2) is 0 Å². The third-order valence-electron chi connectivity index (χ3n) is 2.39. The molecule has 18 heavy (non-hydrogen) atoms. The fraction of sp³-hybridized carbons (Fsp3) is 0.615. The smallest absolute Gasteiger partial charge is 0.214 e. The lowest BCUT2D eigenvalue weighted by molar-refractivity contribution is 0.0691. The van der Waals surface area contributed by atoms with Crippen LogP contribution in [-0.4, -0.2) is 45.6 Å². The van der Waals surface area contributed by atoms with Crippen LogP contribution in [0.5, 0.6) is 5.88 Å². The molecule has 1 rings (SSSR count). The highest BCUT2D eigenvalue weighted by Crippen LogP contribution is 2.10. The maximum Gasteiger partial charge on any atom is 0.214 e. The van der Waals surface area contributed by atoms with E-state index in [2.05, 4.69) is 10.3 Å². The molecule has 0 aliphatic heterocycles. The zero-order chi connectivity index (χ0) is 13.1. The van der Waals surface area contributed by atoms with Gasteiger partial charge in [-0.1, -0.05) is 6.07 Å². The number of aromatic nitrogens is 1. The third kappa shape index (κ3) is 6.42. The molecule has 0 saturated heterocycles. The van der Waals surface area contributed by atoms with E-state index in [0.29, 0.717) is 19.1 Å². The molecule has 1 heterocycles. The SMILES string of the molecule is COCCOCCCCNc1cccc(OC)n1. The highest BCUT2D eigenvalue weighted by Gasteiger charge is 1.96.